The van der Waals surface area contributed by atoms with Gasteiger partial charge >= 0.3 is 0 Å². The SMILES string of the molecule is CCCC1=C(CCC)C2CCCCC12. The molecule has 2 aliphatic carbocycles. The van der Waals surface area contributed by atoms with Crippen molar-refractivity contribution in [3.05, 3.63) is 11.1 Å². The molecule has 2 rings (SSSR count). The van der Waals surface area contributed by atoms with Crippen molar-refractivity contribution in [2.45, 2.75) is 65.2 Å². The molecule has 0 radical (unpaired) electrons. The zero-order valence-electron chi connectivity index (χ0n) is 9.81. The van der Waals surface area contributed by atoms with Crippen molar-refractivity contribution in [1.29, 1.82) is 0 Å². The Kier molecular flexibility index (Phi) is 3.30. The van der Waals surface area contributed by atoms with E-state index in [1.807, 2.05) is 11.1 Å². The zero-order chi connectivity index (χ0) is 9.97. The molecule has 0 heteroatoms. The zero-order valence-corrected chi connectivity index (χ0v) is 9.81. The molecule has 14 heavy (non-hydrogen) atoms. The fraction of sp³-hybridized carbons (Fsp3) is 0.857. The molecular weight excluding hydrogens is 168 g/mol. The summed E-state index contributed by atoms with van der Waals surface area (Å²) in [5.74, 6) is 2.07. The number of hydrogen-bond acceptors (Lipinski definition) is 0. The molecule has 0 bridgehead atoms. The molecule has 2 aliphatic rings. The molecule has 2 unspecified atom stereocenters. The van der Waals surface area contributed by atoms with Gasteiger partial charge in [-0.2, -0.15) is 0 Å². The Morgan fingerprint density at radius 3 is 1.64 bits per heavy atom. The molecule has 0 N–H and O–H groups in total. The van der Waals surface area contributed by atoms with Gasteiger partial charge in [0.2, 0.25) is 0 Å². The van der Waals surface area contributed by atoms with Crippen LogP contribution in [-0.4, -0.2) is 0 Å². The Balaban J connectivity index is 2.08. The van der Waals surface area contributed by atoms with Crippen LogP contribution in [0.4, 0.5) is 0 Å². The van der Waals surface area contributed by atoms with E-state index in [2.05, 4.69) is 13.8 Å². The van der Waals surface area contributed by atoms with E-state index in [9.17, 15) is 0 Å². The van der Waals surface area contributed by atoms with Crippen molar-refractivity contribution >= 4 is 0 Å². The van der Waals surface area contributed by atoms with Crippen molar-refractivity contribution in [2.24, 2.45) is 11.8 Å². The van der Waals surface area contributed by atoms with Crippen LogP contribution >= 0.6 is 0 Å². The predicted molar refractivity (Wildman–Crippen MR) is 62.3 cm³/mol. The molecule has 0 amide bonds. The highest BCUT2D eigenvalue weighted by molar-refractivity contribution is 5.33. The molecule has 2 atom stereocenters. The molecule has 0 aromatic rings. The molecule has 0 spiro atoms. The van der Waals surface area contributed by atoms with Crippen LogP contribution in [0.5, 0.6) is 0 Å². The normalized spacial score (nSPS) is 31.3. The van der Waals surface area contributed by atoms with E-state index in [-0.39, 0.29) is 0 Å². The van der Waals surface area contributed by atoms with Crippen LogP contribution in [0.3, 0.4) is 0 Å². The Bertz CT molecular complexity index is 200. The van der Waals surface area contributed by atoms with E-state index in [1.165, 1.54) is 51.4 Å². The van der Waals surface area contributed by atoms with Gasteiger partial charge in [-0.1, -0.05) is 50.7 Å². The first kappa shape index (κ1) is 10.3. The van der Waals surface area contributed by atoms with E-state index < -0.39 is 0 Å². The van der Waals surface area contributed by atoms with Crippen LogP contribution in [0, 0.1) is 11.8 Å². The van der Waals surface area contributed by atoms with Gasteiger partial charge in [0.1, 0.15) is 0 Å². The first-order chi connectivity index (χ1) is 6.88. The van der Waals surface area contributed by atoms with Crippen LogP contribution in [0.15, 0.2) is 11.1 Å². The van der Waals surface area contributed by atoms with Gasteiger partial charge in [0.25, 0.3) is 0 Å². The van der Waals surface area contributed by atoms with Crippen LogP contribution in [0.1, 0.15) is 65.2 Å². The molecule has 0 aromatic carbocycles. The van der Waals surface area contributed by atoms with E-state index in [4.69, 9.17) is 0 Å². The van der Waals surface area contributed by atoms with Gasteiger partial charge in [-0.05, 0) is 37.5 Å². The summed E-state index contributed by atoms with van der Waals surface area (Å²) in [7, 11) is 0. The summed E-state index contributed by atoms with van der Waals surface area (Å²) in [5, 5.41) is 0. The van der Waals surface area contributed by atoms with Gasteiger partial charge in [0.15, 0.2) is 0 Å². The molecule has 0 aliphatic heterocycles. The molecular formula is C14H24. The lowest BCUT2D eigenvalue weighted by atomic mass is 9.59. The van der Waals surface area contributed by atoms with Gasteiger partial charge in [-0.25, -0.2) is 0 Å². The Hall–Kier alpha value is -0.260. The summed E-state index contributed by atoms with van der Waals surface area (Å²) in [6.45, 7) is 4.65. The average molecular weight is 192 g/mol. The lowest BCUT2D eigenvalue weighted by Gasteiger charge is -2.46. The van der Waals surface area contributed by atoms with E-state index >= 15 is 0 Å². The highest BCUT2D eigenvalue weighted by Gasteiger charge is 2.39. The second-order valence-electron chi connectivity index (χ2n) is 5.05. The van der Waals surface area contributed by atoms with Gasteiger partial charge in [0.05, 0.1) is 0 Å². The summed E-state index contributed by atoms with van der Waals surface area (Å²) in [5.41, 5.74) is 3.78. The largest absolute Gasteiger partial charge is 0.0670 e. The number of hydrogen-bond donors (Lipinski definition) is 0. The van der Waals surface area contributed by atoms with Crippen molar-refractivity contribution in [2.75, 3.05) is 0 Å². The third-order valence-electron chi connectivity index (χ3n) is 4.11. The quantitative estimate of drug-likeness (QED) is 0.566. The first-order valence-corrected chi connectivity index (χ1v) is 6.60. The van der Waals surface area contributed by atoms with Crippen molar-refractivity contribution in [3.63, 3.8) is 0 Å². The Morgan fingerprint density at radius 2 is 1.29 bits per heavy atom. The summed E-state index contributed by atoms with van der Waals surface area (Å²) < 4.78 is 0. The Labute approximate surface area is 88.8 Å². The molecule has 0 saturated heterocycles. The maximum Gasteiger partial charge on any atom is -0.0135 e. The van der Waals surface area contributed by atoms with Crippen LogP contribution in [0.2, 0.25) is 0 Å². The minimum absolute atomic E-state index is 1.03. The molecule has 0 heterocycles. The summed E-state index contributed by atoms with van der Waals surface area (Å²) in [6.07, 6.45) is 11.5. The third-order valence-corrected chi connectivity index (χ3v) is 4.11. The van der Waals surface area contributed by atoms with Gasteiger partial charge in [-0.3, -0.25) is 0 Å². The standard InChI is InChI=1S/C14H24/c1-3-7-11-12(8-4-2)14-10-6-5-9-13(11)14/h13-14H,3-10H2,1-2H3. The highest BCUT2D eigenvalue weighted by atomic mass is 14.4. The van der Waals surface area contributed by atoms with E-state index in [1.54, 1.807) is 0 Å². The first-order valence-electron chi connectivity index (χ1n) is 6.60. The maximum absolute atomic E-state index is 2.33. The van der Waals surface area contributed by atoms with Gasteiger partial charge < -0.3 is 0 Å². The van der Waals surface area contributed by atoms with Gasteiger partial charge in [-0.15, -0.1) is 0 Å². The number of allylic oxidation sites excluding steroid dienone is 2. The molecule has 80 valence electrons. The summed E-state index contributed by atoms with van der Waals surface area (Å²) in [6, 6.07) is 0. The van der Waals surface area contributed by atoms with Crippen molar-refractivity contribution in [3.8, 4) is 0 Å². The van der Waals surface area contributed by atoms with E-state index in [0.717, 1.165) is 11.8 Å². The van der Waals surface area contributed by atoms with Crippen molar-refractivity contribution in [1.82, 2.24) is 0 Å². The minimum atomic E-state index is 1.03. The topological polar surface area (TPSA) is 0 Å². The van der Waals surface area contributed by atoms with Gasteiger partial charge in [0, 0.05) is 0 Å². The van der Waals surface area contributed by atoms with Crippen LogP contribution in [0.25, 0.3) is 0 Å². The number of fused-ring (bicyclic) bond motifs is 1. The average Bonchev–Trinajstić information content (AvgIpc) is 2.23. The summed E-state index contributed by atoms with van der Waals surface area (Å²) >= 11 is 0. The van der Waals surface area contributed by atoms with Crippen LogP contribution < -0.4 is 0 Å². The smallest absolute Gasteiger partial charge is 0.0135 e. The van der Waals surface area contributed by atoms with Crippen LogP contribution in [-0.2, 0) is 0 Å². The molecule has 1 saturated carbocycles. The fourth-order valence-electron chi connectivity index (χ4n) is 3.58. The predicted octanol–water partition coefficient (Wildman–Crippen LogP) is 4.70. The highest BCUT2D eigenvalue weighted by Crippen LogP contribution is 2.52. The lowest BCUT2D eigenvalue weighted by Crippen LogP contribution is -2.33. The second kappa shape index (κ2) is 4.51. The Morgan fingerprint density at radius 1 is 0.857 bits per heavy atom. The maximum atomic E-state index is 2.33. The molecule has 0 aromatic heterocycles. The second-order valence-corrected chi connectivity index (χ2v) is 5.05. The summed E-state index contributed by atoms with van der Waals surface area (Å²) in [4.78, 5) is 0. The number of rotatable bonds is 4. The molecule has 1 fully saturated rings. The monoisotopic (exact) mass is 192 g/mol. The van der Waals surface area contributed by atoms with Crippen molar-refractivity contribution < 1.29 is 0 Å². The van der Waals surface area contributed by atoms with E-state index in [0.29, 0.717) is 0 Å². The molecule has 0 nitrogen and oxygen atoms in total. The third kappa shape index (κ3) is 1.64. The fourth-order valence-corrected chi connectivity index (χ4v) is 3.58. The lowest BCUT2D eigenvalue weighted by molar-refractivity contribution is 0.246. The minimum Gasteiger partial charge on any atom is -0.0670 e.